The minimum Gasteiger partial charge on any atom is -0.371 e. The van der Waals surface area contributed by atoms with Crippen molar-refractivity contribution in [2.75, 3.05) is 31.2 Å². The van der Waals surface area contributed by atoms with Crippen LogP contribution < -0.4 is 10.2 Å². The normalized spacial score (nSPS) is 21.1. The standard InChI is InChI=1S/C27H39N3O5/c1-3-5-15-34-27(35-16-6-4-2)19-11-13-29(14-12-19)21-8-7-20-18-30(26(33)22(20)17-21)23-9-10-24(31)28-25(23)32/h7-8,17,19,23,27H,3-6,9-16,18H2,1-2H3,(H,28,31,32)/t23-/m0/s1. The summed E-state index contributed by atoms with van der Waals surface area (Å²) >= 11 is 0. The van der Waals surface area contributed by atoms with Crippen LogP contribution in [0.5, 0.6) is 0 Å². The fraction of sp³-hybridized carbons (Fsp3) is 0.667. The Balaban J connectivity index is 1.36. The predicted octanol–water partition coefficient (Wildman–Crippen LogP) is 3.62. The topological polar surface area (TPSA) is 88.2 Å². The molecule has 1 N–H and O–H groups in total. The van der Waals surface area contributed by atoms with Gasteiger partial charge in [-0.2, -0.15) is 0 Å². The van der Waals surface area contributed by atoms with Gasteiger partial charge in [0.1, 0.15) is 6.04 Å². The summed E-state index contributed by atoms with van der Waals surface area (Å²) in [6.45, 7) is 8.00. The van der Waals surface area contributed by atoms with Gasteiger partial charge in [-0.15, -0.1) is 0 Å². The molecule has 8 nitrogen and oxygen atoms in total. The quantitative estimate of drug-likeness (QED) is 0.293. The van der Waals surface area contributed by atoms with Crippen molar-refractivity contribution >= 4 is 23.4 Å². The largest absolute Gasteiger partial charge is 0.371 e. The second-order valence-electron chi connectivity index (χ2n) is 9.88. The Bertz CT molecular complexity index is 902. The van der Waals surface area contributed by atoms with Gasteiger partial charge in [-0.3, -0.25) is 19.7 Å². The summed E-state index contributed by atoms with van der Waals surface area (Å²) in [4.78, 5) is 40.9. The number of anilines is 1. The van der Waals surface area contributed by atoms with Gasteiger partial charge in [0.2, 0.25) is 11.8 Å². The molecular formula is C27H39N3O5. The Morgan fingerprint density at radius 1 is 1.00 bits per heavy atom. The molecule has 3 heterocycles. The van der Waals surface area contributed by atoms with E-state index in [1.165, 1.54) is 0 Å². The number of unbranched alkanes of at least 4 members (excludes halogenated alkanes) is 2. The molecule has 3 aliphatic rings. The maximum atomic E-state index is 13.2. The summed E-state index contributed by atoms with van der Waals surface area (Å²) in [6.07, 6.45) is 6.79. The first kappa shape index (κ1) is 25.6. The number of benzene rings is 1. The first-order valence-electron chi connectivity index (χ1n) is 13.3. The molecule has 0 aliphatic carbocycles. The van der Waals surface area contributed by atoms with Gasteiger partial charge < -0.3 is 19.3 Å². The van der Waals surface area contributed by atoms with Gasteiger partial charge in [0, 0.05) is 56.4 Å². The highest BCUT2D eigenvalue weighted by Gasteiger charge is 2.39. The van der Waals surface area contributed by atoms with Crippen LogP contribution in [0.25, 0.3) is 0 Å². The van der Waals surface area contributed by atoms with Crippen LogP contribution in [0.15, 0.2) is 18.2 Å². The van der Waals surface area contributed by atoms with E-state index < -0.39 is 6.04 Å². The van der Waals surface area contributed by atoms with Crippen LogP contribution >= 0.6 is 0 Å². The summed E-state index contributed by atoms with van der Waals surface area (Å²) < 4.78 is 12.2. The van der Waals surface area contributed by atoms with E-state index in [9.17, 15) is 14.4 Å². The molecule has 3 aliphatic heterocycles. The molecular weight excluding hydrogens is 446 g/mol. The van der Waals surface area contributed by atoms with Gasteiger partial charge in [0.05, 0.1) is 0 Å². The third kappa shape index (κ3) is 6.04. The number of nitrogens with one attached hydrogen (secondary N) is 1. The van der Waals surface area contributed by atoms with Gasteiger partial charge in [0.25, 0.3) is 5.91 Å². The zero-order valence-electron chi connectivity index (χ0n) is 21.1. The van der Waals surface area contributed by atoms with Crippen LogP contribution in [-0.2, 0) is 25.6 Å². The monoisotopic (exact) mass is 485 g/mol. The van der Waals surface area contributed by atoms with Crippen molar-refractivity contribution in [2.24, 2.45) is 5.92 Å². The molecule has 35 heavy (non-hydrogen) atoms. The highest BCUT2D eigenvalue weighted by atomic mass is 16.7. The van der Waals surface area contributed by atoms with Crippen molar-refractivity contribution in [3.8, 4) is 0 Å². The molecule has 8 heteroatoms. The van der Waals surface area contributed by atoms with Crippen molar-refractivity contribution in [3.63, 3.8) is 0 Å². The SMILES string of the molecule is CCCCOC(OCCCC)C1CCN(c2ccc3c(c2)C(=O)N([C@H]2CCC(=O)NC2=O)C3)CC1. The third-order valence-corrected chi connectivity index (χ3v) is 7.36. The summed E-state index contributed by atoms with van der Waals surface area (Å²) in [5, 5.41) is 2.36. The Hall–Kier alpha value is -2.45. The van der Waals surface area contributed by atoms with E-state index in [1.54, 1.807) is 4.90 Å². The van der Waals surface area contributed by atoms with Crippen molar-refractivity contribution < 1.29 is 23.9 Å². The van der Waals surface area contributed by atoms with E-state index in [-0.39, 0.29) is 30.4 Å². The predicted molar refractivity (Wildman–Crippen MR) is 133 cm³/mol. The number of carbonyl (C=O) groups is 3. The molecule has 1 aromatic rings. The lowest BCUT2D eigenvalue weighted by atomic mass is 9.95. The lowest BCUT2D eigenvalue weighted by molar-refractivity contribution is -0.177. The Labute approximate surface area is 208 Å². The molecule has 4 rings (SSSR count). The average Bonchev–Trinajstić information content (AvgIpc) is 3.19. The van der Waals surface area contributed by atoms with E-state index in [1.807, 2.05) is 12.1 Å². The first-order chi connectivity index (χ1) is 17.0. The maximum absolute atomic E-state index is 13.2. The van der Waals surface area contributed by atoms with E-state index in [0.29, 0.717) is 24.4 Å². The Morgan fingerprint density at radius 2 is 1.69 bits per heavy atom. The smallest absolute Gasteiger partial charge is 0.255 e. The van der Waals surface area contributed by atoms with Gasteiger partial charge in [-0.1, -0.05) is 32.8 Å². The summed E-state index contributed by atoms with van der Waals surface area (Å²) in [6, 6.07) is 5.47. The second-order valence-corrected chi connectivity index (χ2v) is 9.88. The first-order valence-corrected chi connectivity index (χ1v) is 13.3. The zero-order chi connectivity index (χ0) is 24.8. The van der Waals surface area contributed by atoms with Crippen molar-refractivity contribution in [1.82, 2.24) is 10.2 Å². The third-order valence-electron chi connectivity index (χ3n) is 7.36. The number of carbonyl (C=O) groups excluding carboxylic acids is 3. The van der Waals surface area contributed by atoms with E-state index >= 15 is 0 Å². The number of imide groups is 1. The van der Waals surface area contributed by atoms with Crippen molar-refractivity contribution in [1.29, 1.82) is 0 Å². The minimum atomic E-state index is -0.579. The summed E-state index contributed by atoms with van der Waals surface area (Å²) in [7, 11) is 0. The van der Waals surface area contributed by atoms with Crippen molar-refractivity contribution in [3.05, 3.63) is 29.3 Å². The molecule has 192 valence electrons. The van der Waals surface area contributed by atoms with Gasteiger partial charge in [0.15, 0.2) is 6.29 Å². The van der Waals surface area contributed by atoms with Crippen LogP contribution in [0.4, 0.5) is 5.69 Å². The van der Waals surface area contributed by atoms with Gasteiger partial charge >= 0.3 is 0 Å². The molecule has 0 saturated carbocycles. The molecule has 0 bridgehead atoms. The van der Waals surface area contributed by atoms with E-state index in [4.69, 9.17) is 9.47 Å². The molecule has 2 saturated heterocycles. The Kier molecular flexibility index (Phi) is 8.78. The molecule has 1 aromatic carbocycles. The van der Waals surface area contributed by atoms with Crippen LogP contribution in [0, 0.1) is 5.92 Å². The lowest BCUT2D eigenvalue weighted by Gasteiger charge is -2.37. The molecule has 1 atom stereocenters. The highest BCUT2D eigenvalue weighted by Crippen LogP contribution is 2.33. The minimum absolute atomic E-state index is 0.125. The number of hydrogen-bond donors (Lipinski definition) is 1. The molecule has 2 fully saturated rings. The zero-order valence-corrected chi connectivity index (χ0v) is 21.1. The van der Waals surface area contributed by atoms with Crippen LogP contribution in [0.1, 0.15) is 81.1 Å². The fourth-order valence-electron chi connectivity index (χ4n) is 5.18. The number of amides is 3. The maximum Gasteiger partial charge on any atom is 0.255 e. The van der Waals surface area contributed by atoms with Crippen LogP contribution in [0.2, 0.25) is 0 Å². The van der Waals surface area contributed by atoms with Crippen LogP contribution in [-0.4, -0.2) is 61.3 Å². The number of piperidine rings is 2. The van der Waals surface area contributed by atoms with Gasteiger partial charge in [-0.25, -0.2) is 0 Å². The fourth-order valence-corrected chi connectivity index (χ4v) is 5.18. The van der Waals surface area contributed by atoms with E-state index in [0.717, 1.165) is 76.1 Å². The van der Waals surface area contributed by atoms with Crippen LogP contribution in [0.3, 0.4) is 0 Å². The summed E-state index contributed by atoms with van der Waals surface area (Å²) in [5.41, 5.74) is 2.64. The number of rotatable bonds is 11. The number of ether oxygens (including phenoxy) is 2. The molecule has 0 radical (unpaired) electrons. The molecule has 3 amide bonds. The Morgan fingerprint density at radius 3 is 2.31 bits per heavy atom. The number of nitrogens with zero attached hydrogens (tertiary/aromatic N) is 2. The lowest BCUT2D eigenvalue weighted by Crippen LogP contribution is -2.52. The summed E-state index contributed by atoms with van der Waals surface area (Å²) in [5.74, 6) is -0.393. The average molecular weight is 486 g/mol. The van der Waals surface area contributed by atoms with Gasteiger partial charge in [-0.05, 0) is 49.8 Å². The molecule has 0 unspecified atom stereocenters. The van der Waals surface area contributed by atoms with Crippen molar-refractivity contribution in [2.45, 2.75) is 84.1 Å². The molecule has 0 aromatic heterocycles. The number of hydrogen-bond acceptors (Lipinski definition) is 6. The number of fused-ring (bicyclic) bond motifs is 1. The van der Waals surface area contributed by atoms with E-state index in [2.05, 4.69) is 30.1 Å². The molecule has 0 spiro atoms. The second kappa shape index (κ2) is 12.0. The highest BCUT2D eigenvalue weighted by molar-refractivity contribution is 6.05.